The number of rotatable bonds is 6. The second-order valence-electron chi connectivity index (χ2n) is 6.26. The first kappa shape index (κ1) is 19.6. The van der Waals surface area contributed by atoms with Crippen LogP contribution in [0.25, 0.3) is 0 Å². The Balaban J connectivity index is 1.88. The second-order valence-corrected chi connectivity index (χ2v) is 6.65. The van der Waals surface area contributed by atoms with Gasteiger partial charge in [0, 0.05) is 0 Å². The summed E-state index contributed by atoms with van der Waals surface area (Å²) in [6.07, 6.45) is 1.64. The zero-order valence-corrected chi connectivity index (χ0v) is 16.6. The maximum Gasteiger partial charge on any atom is 0.339 e. The molecule has 0 aliphatic rings. The number of hydrogen-bond donors (Lipinski definition) is 1. The van der Waals surface area contributed by atoms with Gasteiger partial charge in [-0.2, -0.15) is 0 Å². The molecule has 1 aromatic heterocycles. The van der Waals surface area contributed by atoms with Gasteiger partial charge in [-0.1, -0.05) is 42.5 Å². The third-order valence-electron chi connectivity index (χ3n) is 4.49. The van der Waals surface area contributed by atoms with E-state index in [9.17, 15) is 4.79 Å². The number of anilines is 1. The Hall–Kier alpha value is -3.12. The maximum atomic E-state index is 12.1. The normalized spacial score (nSPS) is 11.5. The molecule has 5 nitrogen and oxygen atoms in total. The maximum absolute atomic E-state index is 12.1. The van der Waals surface area contributed by atoms with Crippen LogP contribution in [0.5, 0.6) is 0 Å². The molecule has 144 valence electrons. The molecule has 0 aliphatic heterocycles. The van der Waals surface area contributed by atoms with E-state index in [4.69, 9.17) is 21.4 Å². The molecule has 1 heterocycles. The first-order valence-electron chi connectivity index (χ1n) is 8.92. The number of benzene rings is 2. The quantitative estimate of drug-likeness (QED) is 0.468. The van der Waals surface area contributed by atoms with Crippen molar-refractivity contribution in [2.24, 2.45) is 0 Å². The molecule has 0 spiro atoms. The fourth-order valence-electron chi connectivity index (χ4n) is 2.93. The van der Waals surface area contributed by atoms with Crippen LogP contribution >= 0.6 is 12.2 Å². The molecule has 0 bridgehead atoms. The highest BCUT2D eigenvalue weighted by Crippen LogP contribution is 2.25. The highest BCUT2D eigenvalue weighted by molar-refractivity contribution is 7.80. The number of para-hydroxylation sites is 1. The molecule has 0 saturated carbocycles. The van der Waals surface area contributed by atoms with Crippen LogP contribution in [-0.2, 0) is 11.3 Å². The Morgan fingerprint density at radius 1 is 1.11 bits per heavy atom. The molecule has 6 heteroatoms. The molecule has 0 amide bonds. The summed E-state index contributed by atoms with van der Waals surface area (Å²) >= 11 is 5.71. The summed E-state index contributed by atoms with van der Waals surface area (Å²) in [5, 5.41) is 3.69. The summed E-state index contributed by atoms with van der Waals surface area (Å²) in [5.74, 6) is 0.382. The standard InChI is InChI=1S/C22H22N2O3S/c1-16(17-9-4-3-5-10-17)24(15-18-11-8-14-27-18)22(28)23-20-13-7-6-12-19(20)21(25)26-2/h3-14,16H,15H2,1-2H3,(H,23,28)/t16-/m1/s1. The zero-order chi connectivity index (χ0) is 19.9. The minimum Gasteiger partial charge on any atom is -0.467 e. The van der Waals surface area contributed by atoms with Gasteiger partial charge in [-0.25, -0.2) is 4.79 Å². The van der Waals surface area contributed by atoms with Gasteiger partial charge in [0.2, 0.25) is 0 Å². The van der Waals surface area contributed by atoms with Crippen LogP contribution in [0.15, 0.2) is 77.4 Å². The molecule has 3 rings (SSSR count). The number of methoxy groups -OCH3 is 1. The predicted molar refractivity (Wildman–Crippen MR) is 113 cm³/mol. The van der Waals surface area contributed by atoms with Crippen LogP contribution in [0.4, 0.5) is 5.69 Å². The molecule has 0 unspecified atom stereocenters. The summed E-state index contributed by atoms with van der Waals surface area (Å²) in [6, 6.07) is 21.0. The van der Waals surface area contributed by atoms with Gasteiger partial charge < -0.3 is 19.4 Å². The summed E-state index contributed by atoms with van der Waals surface area (Å²) in [7, 11) is 1.36. The van der Waals surface area contributed by atoms with Crippen molar-refractivity contribution in [2.75, 3.05) is 12.4 Å². The van der Waals surface area contributed by atoms with Crippen molar-refractivity contribution in [3.8, 4) is 0 Å². The fraction of sp³-hybridized carbons (Fsp3) is 0.182. The zero-order valence-electron chi connectivity index (χ0n) is 15.8. The molecular formula is C22H22N2O3S. The smallest absolute Gasteiger partial charge is 0.339 e. The van der Waals surface area contributed by atoms with Gasteiger partial charge in [-0.15, -0.1) is 0 Å². The third-order valence-corrected chi connectivity index (χ3v) is 4.83. The van der Waals surface area contributed by atoms with Crippen molar-refractivity contribution in [3.63, 3.8) is 0 Å². The summed E-state index contributed by atoms with van der Waals surface area (Å²) in [4.78, 5) is 14.1. The van der Waals surface area contributed by atoms with E-state index in [2.05, 4.69) is 24.4 Å². The van der Waals surface area contributed by atoms with E-state index < -0.39 is 5.97 Å². The minimum absolute atomic E-state index is 0.00316. The van der Waals surface area contributed by atoms with E-state index >= 15 is 0 Å². The lowest BCUT2D eigenvalue weighted by Crippen LogP contribution is -2.36. The van der Waals surface area contributed by atoms with Crippen molar-refractivity contribution < 1.29 is 13.9 Å². The van der Waals surface area contributed by atoms with E-state index in [1.165, 1.54) is 7.11 Å². The Labute approximate surface area is 169 Å². The van der Waals surface area contributed by atoms with Crippen LogP contribution in [-0.4, -0.2) is 23.1 Å². The van der Waals surface area contributed by atoms with Gasteiger partial charge in [-0.05, 0) is 49.0 Å². The number of nitrogens with zero attached hydrogens (tertiary/aromatic N) is 1. The lowest BCUT2D eigenvalue weighted by molar-refractivity contribution is 0.0602. The Bertz CT molecular complexity index is 926. The fourth-order valence-corrected chi connectivity index (χ4v) is 3.27. The highest BCUT2D eigenvalue weighted by atomic mass is 32.1. The van der Waals surface area contributed by atoms with Gasteiger partial charge in [-0.3, -0.25) is 0 Å². The van der Waals surface area contributed by atoms with Crippen molar-refractivity contribution in [1.82, 2.24) is 4.90 Å². The SMILES string of the molecule is COC(=O)c1ccccc1NC(=S)N(Cc1ccco1)[C@H](C)c1ccccc1. The molecular weight excluding hydrogens is 372 g/mol. The largest absolute Gasteiger partial charge is 0.467 e. The number of thiocarbonyl (C=S) groups is 1. The highest BCUT2D eigenvalue weighted by Gasteiger charge is 2.22. The van der Waals surface area contributed by atoms with Crippen LogP contribution in [0, 0.1) is 0 Å². The Morgan fingerprint density at radius 3 is 2.50 bits per heavy atom. The molecule has 1 N–H and O–H groups in total. The summed E-state index contributed by atoms with van der Waals surface area (Å²) < 4.78 is 10.4. The molecule has 0 radical (unpaired) electrons. The molecule has 0 fully saturated rings. The van der Waals surface area contributed by atoms with E-state index in [1.807, 2.05) is 41.3 Å². The number of ether oxygens (including phenoxy) is 1. The first-order chi connectivity index (χ1) is 13.6. The van der Waals surface area contributed by atoms with E-state index in [-0.39, 0.29) is 6.04 Å². The number of nitrogens with one attached hydrogen (secondary N) is 1. The average molecular weight is 394 g/mol. The molecule has 0 saturated heterocycles. The summed E-state index contributed by atoms with van der Waals surface area (Å²) in [5.41, 5.74) is 2.15. The lowest BCUT2D eigenvalue weighted by atomic mass is 10.1. The van der Waals surface area contributed by atoms with Crippen LogP contribution in [0.3, 0.4) is 0 Å². The molecule has 3 aromatic rings. The minimum atomic E-state index is -0.417. The first-order valence-corrected chi connectivity index (χ1v) is 9.33. The van der Waals surface area contributed by atoms with Crippen molar-refractivity contribution in [1.29, 1.82) is 0 Å². The van der Waals surface area contributed by atoms with Crippen LogP contribution in [0.2, 0.25) is 0 Å². The van der Waals surface area contributed by atoms with Crippen molar-refractivity contribution in [3.05, 3.63) is 89.9 Å². The van der Waals surface area contributed by atoms with E-state index in [1.54, 1.807) is 24.5 Å². The van der Waals surface area contributed by atoms with E-state index in [0.717, 1.165) is 11.3 Å². The predicted octanol–water partition coefficient (Wildman–Crippen LogP) is 5.03. The average Bonchev–Trinajstić information content (AvgIpc) is 3.25. The number of hydrogen-bond acceptors (Lipinski definition) is 4. The van der Waals surface area contributed by atoms with Gasteiger partial charge in [0.15, 0.2) is 5.11 Å². The lowest BCUT2D eigenvalue weighted by Gasteiger charge is -2.31. The van der Waals surface area contributed by atoms with E-state index in [0.29, 0.717) is 22.9 Å². The number of esters is 1. The van der Waals surface area contributed by atoms with Gasteiger partial charge in [0.1, 0.15) is 5.76 Å². The van der Waals surface area contributed by atoms with Crippen LogP contribution in [0.1, 0.15) is 34.6 Å². The molecule has 0 aliphatic carbocycles. The van der Waals surface area contributed by atoms with Crippen molar-refractivity contribution in [2.45, 2.75) is 19.5 Å². The van der Waals surface area contributed by atoms with Gasteiger partial charge in [0.05, 0.1) is 37.2 Å². The Morgan fingerprint density at radius 2 is 1.82 bits per heavy atom. The number of carbonyl (C=O) groups is 1. The third kappa shape index (κ3) is 4.58. The summed E-state index contributed by atoms with van der Waals surface area (Å²) in [6.45, 7) is 2.58. The number of furan rings is 1. The molecule has 28 heavy (non-hydrogen) atoms. The van der Waals surface area contributed by atoms with Gasteiger partial charge in [0.25, 0.3) is 0 Å². The Kier molecular flexibility index (Phi) is 6.45. The number of carbonyl (C=O) groups excluding carboxylic acids is 1. The van der Waals surface area contributed by atoms with Gasteiger partial charge >= 0.3 is 5.97 Å². The molecule has 2 aromatic carbocycles. The monoisotopic (exact) mass is 394 g/mol. The van der Waals surface area contributed by atoms with Crippen molar-refractivity contribution >= 4 is 29.0 Å². The van der Waals surface area contributed by atoms with Crippen LogP contribution < -0.4 is 5.32 Å². The molecule has 1 atom stereocenters. The second kappa shape index (κ2) is 9.19. The topological polar surface area (TPSA) is 54.7 Å².